The van der Waals surface area contributed by atoms with Crippen molar-refractivity contribution >= 4 is 11.3 Å². The van der Waals surface area contributed by atoms with Crippen LogP contribution >= 0.6 is 11.3 Å². The maximum atomic E-state index is 6.18. The number of nitrogens with one attached hydrogen (secondary N) is 1. The number of rotatable bonds is 6. The predicted molar refractivity (Wildman–Crippen MR) is 78.9 cm³/mol. The van der Waals surface area contributed by atoms with Gasteiger partial charge in [0.1, 0.15) is 0 Å². The molecule has 19 heavy (non-hydrogen) atoms. The Hall–Kier alpha value is -0.490. The summed E-state index contributed by atoms with van der Waals surface area (Å²) < 4.78 is 6.18. The van der Waals surface area contributed by atoms with E-state index < -0.39 is 0 Å². The van der Waals surface area contributed by atoms with Gasteiger partial charge in [0, 0.05) is 24.1 Å². The van der Waals surface area contributed by atoms with E-state index in [1.165, 1.54) is 17.7 Å². The molecular formula is C14H25N3OS. The SMILES string of the molecule is CCOC1(C(Cc2cncs2)NN)CCCC(C)C1. The van der Waals surface area contributed by atoms with Gasteiger partial charge in [-0.15, -0.1) is 11.3 Å². The highest BCUT2D eigenvalue weighted by atomic mass is 32.1. The molecule has 0 amide bonds. The summed E-state index contributed by atoms with van der Waals surface area (Å²) >= 11 is 1.69. The monoisotopic (exact) mass is 283 g/mol. The van der Waals surface area contributed by atoms with Gasteiger partial charge in [-0.2, -0.15) is 0 Å². The van der Waals surface area contributed by atoms with Crippen molar-refractivity contribution in [3.63, 3.8) is 0 Å². The molecule has 3 unspecified atom stereocenters. The molecule has 1 aliphatic rings. The molecule has 1 aromatic rings. The van der Waals surface area contributed by atoms with Crippen molar-refractivity contribution in [3.8, 4) is 0 Å². The summed E-state index contributed by atoms with van der Waals surface area (Å²) in [7, 11) is 0. The Morgan fingerprint density at radius 2 is 2.53 bits per heavy atom. The third-order valence-corrected chi connectivity index (χ3v) is 4.95. The number of thiazole rings is 1. The molecule has 2 rings (SSSR count). The van der Waals surface area contributed by atoms with Crippen LogP contribution in [-0.4, -0.2) is 23.2 Å². The molecular weight excluding hydrogens is 258 g/mol. The van der Waals surface area contributed by atoms with Gasteiger partial charge in [-0.1, -0.05) is 19.8 Å². The first-order valence-electron chi connectivity index (χ1n) is 7.17. The van der Waals surface area contributed by atoms with Crippen LogP contribution in [0.2, 0.25) is 0 Å². The van der Waals surface area contributed by atoms with Gasteiger partial charge in [0.25, 0.3) is 0 Å². The fourth-order valence-corrected chi connectivity index (χ4v) is 3.96. The van der Waals surface area contributed by atoms with Crippen molar-refractivity contribution in [2.75, 3.05) is 6.61 Å². The molecule has 108 valence electrons. The van der Waals surface area contributed by atoms with Crippen LogP contribution in [0.5, 0.6) is 0 Å². The zero-order valence-corrected chi connectivity index (χ0v) is 12.7. The van der Waals surface area contributed by atoms with E-state index in [1.807, 2.05) is 11.7 Å². The third-order valence-electron chi connectivity index (χ3n) is 4.15. The van der Waals surface area contributed by atoms with Gasteiger partial charge >= 0.3 is 0 Å². The third kappa shape index (κ3) is 3.54. The lowest BCUT2D eigenvalue weighted by Gasteiger charge is -2.45. The zero-order valence-electron chi connectivity index (χ0n) is 11.9. The fraction of sp³-hybridized carbons (Fsp3) is 0.786. The first kappa shape index (κ1) is 14.9. The van der Waals surface area contributed by atoms with Crippen LogP contribution in [0.25, 0.3) is 0 Å². The Morgan fingerprint density at radius 1 is 1.68 bits per heavy atom. The first-order chi connectivity index (χ1) is 9.20. The number of nitrogens with two attached hydrogens (primary N) is 1. The second kappa shape index (κ2) is 6.79. The van der Waals surface area contributed by atoms with Crippen LogP contribution in [0.4, 0.5) is 0 Å². The maximum Gasteiger partial charge on any atom is 0.0854 e. The summed E-state index contributed by atoms with van der Waals surface area (Å²) in [6, 6.07) is 0.163. The van der Waals surface area contributed by atoms with Gasteiger partial charge in [0.05, 0.1) is 17.2 Å². The van der Waals surface area contributed by atoms with Crippen molar-refractivity contribution < 1.29 is 4.74 Å². The van der Waals surface area contributed by atoms with Crippen LogP contribution in [0.1, 0.15) is 44.4 Å². The van der Waals surface area contributed by atoms with E-state index in [2.05, 4.69) is 24.3 Å². The van der Waals surface area contributed by atoms with E-state index in [-0.39, 0.29) is 11.6 Å². The molecule has 0 spiro atoms. The lowest BCUT2D eigenvalue weighted by atomic mass is 9.73. The van der Waals surface area contributed by atoms with Gasteiger partial charge in [0.15, 0.2) is 0 Å². The van der Waals surface area contributed by atoms with E-state index in [0.29, 0.717) is 5.92 Å². The highest BCUT2D eigenvalue weighted by Gasteiger charge is 2.42. The average molecular weight is 283 g/mol. The van der Waals surface area contributed by atoms with Crippen molar-refractivity contribution in [3.05, 3.63) is 16.6 Å². The molecule has 1 aliphatic carbocycles. The second-order valence-corrected chi connectivity index (χ2v) is 6.56. The van der Waals surface area contributed by atoms with Crippen LogP contribution in [0.15, 0.2) is 11.7 Å². The molecule has 1 fully saturated rings. The van der Waals surface area contributed by atoms with E-state index in [4.69, 9.17) is 10.6 Å². The van der Waals surface area contributed by atoms with Gasteiger partial charge in [-0.25, -0.2) is 0 Å². The molecule has 1 saturated carbocycles. The molecule has 1 heterocycles. The summed E-state index contributed by atoms with van der Waals surface area (Å²) in [5.41, 5.74) is 4.77. The standard InChI is InChI=1S/C14H25N3OS/c1-3-18-14(6-4-5-11(2)8-14)13(17-15)7-12-9-16-10-19-12/h9-11,13,17H,3-8,15H2,1-2H3. The summed E-state index contributed by atoms with van der Waals surface area (Å²) in [5, 5.41) is 0. The molecule has 0 aromatic carbocycles. The predicted octanol–water partition coefficient (Wildman–Crippen LogP) is 2.50. The fourth-order valence-electron chi connectivity index (χ4n) is 3.32. The molecule has 4 nitrogen and oxygen atoms in total. The number of hydrogen-bond acceptors (Lipinski definition) is 5. The van der Waals surface area contributed by atoms with E-state index in [1.54, 1.807) is 11.3 Å². The molecule has 3 N–H and O–H groups in total. The Bertz CT molecular complexity index is 367. The van der Waals surface area contributed by atoms with Crippen LogP contribution in [-0.2, 0) is 11.2 Å². The smallest absolute Gasteiger partial charge is 0.0854 e. The minimum atomic E-state index is -0.120. The molecule has 0 bridgehead atoms. The zero-order chi connectivity index (χ0) is 13.7. The second-order valence-electron chi connectivity index (χ2n) is 5.59. The molecule has 0 aliphatic heterocycles. The minimum absolute atomic E-state index is 0.120. The van der Waals surface area contributed by atoms with Crippen molar-refractivity contribution in [1.82, 2.24) is 10.4 Å². The summed E-state index contributed by atoms with van der Waals surface area (Å²) in [6.07, 6.45) is 7.54. The topological polar surface area (TPSA) is 60.2 Å². The summed E-state index contributed by atoms with van der Waals surface area (Å²) in [4.78, 5) is 5.41. The number of aromatic nitrogens is 1. The molecule has 5 heteroatoms. The van der Waals surface area contributed by atoms with E-state index in [0.717, 1.165) is 25.9 Å². The normalized spacial score (nSPS) is 29.3. The van der Waals surface area contributed by atoms with Crippen LogP contribution in [0, 0.1) is 5.92 Å². The quantitative estimate of drug-likeness (QED) is 0.622. The Morgan fingerprint density at radius 3 is 3.11 bits per heavy atom. The number of nitrogens with zero attached hydrogens (tertiary/aromatic N) is 1. The van der Waals surface area contributed by atoms with E-state index in [9.17, 15) is 0 Å². The summed E-state index contributed by atoms with van der Waals surface area (Å²) in [6.45, 7) is 5.13. The number of ether oxygens (including phenoxy) is 1. The van der Waals surface area contributed by atoms with Gasteiger partial charge in [-0.05, 0) is 25.7 Å². The lowest BCUT2D eigenvalue weighted by molar-refractivity contribution is -0.100. The van der Waals surface area contributed by atoms with Crippen LogP contribution < -0.4 is 11.3 Å². The lowest BCUT2D eigenvalue weighted by Crippen LogP contribution is -2.57. The average Bonchev–Trinajstić information content (AvgIpc) is 2.89. The van der Waals surface area contributed by atoms with Crippen molar-refractivity contribution in [1.29, 1.82) is 0 Å². The summed E-state index contributed by atoms with van der Waals surface area (Å²) in [5.74, 6) is 6.54. The Labute approximate surface area is 119 Å². The molecule has 3 atom stereocenters. The Balaban J connectivity index is 2.14. The maximum absolute atomic E-state index is 6.18. The highest BCUT2D eigenvalue weighted by molar-refractivity contribution is 7.09. The molecule has 0 saturated heterocycles. The minimum Gasteiger partial charge on any atom is -0.374 e. The largest absolute Gasteiger partial charge is 0.374 e. The Kier molecular flexibility index (Phi) is 5.33. The van der Waals surface area contributed by atoms with Crippen LogP contribution in [0.3, 0.4) is 0 Å². The van der Waals surface area contributed by atoms with Gasteiger partial charge in [0.2, 0.25) is 0 Å². The van der Waals surface area contributed by atoms with Gasteiger partial charge < -0.3 is 4.74 Å². The van der Waals surface area contributed by atoms with Gasteiger partial charge in [-0.3, -0.25) is 16.3 Å². The van der Waals surface area contributed by atoms with Crippen molar-refractivity contribution in [2.45, 2.75) is 57.6 Å². The van der Waals surface area contributed by atoms with Crippen molar-refractivity contribution in [2.24, 2.45) is 11.8 Å². The number of hydrogen-bond donors (Lipinski definition) is 2. The highest BCUT2D eigenvalue weighted by Crippen LogP contribution is 2.38. The number of hydrazine groups is 1. The molecule has 0 radical (unpaired) electrons. The van der Waals surface area contributed by atoms with E-state index >= 15 is 0 Å². The molecule has 1 aromatic heterocycles. The first-order valence-corrected chi connectivity index (χ1v) is 8.05.